The van der Waals surface area contributed by atoms with E-state index in [-0.39, 0.29) is 0 Å². The maximum atomic E-state index is 4.44. The summed E-state index contributed by atoms with van der Waals surface area (Å²) in [7, 11) is 2.21. The van der Waals surface area contributed by atoms with Crippen LogP contribution in [0, 0.1) is 5.92 Å². The topological polar surface area (TPSA) is 15.6 Å². The lowest BCUT2D eigenvalue weighted by molar-refractivity contribution is 0.403. The van der Waals surface area contributed by atoms with Gasteiger partial charge in [0.15, 0.2) is 0 Å². The zero-order valence-corrected chi connectivity index (χ0v) is 9.66. The van der Waals surface area contributed by atoms with Gasteiger partial charge in [-0.1, -0.05) is 23.5 Å². The van der Waals surface area contributed by atoms with E-state index in [1.807, 2.05) is 23.5 Å². The van der Waals surface area contributed by atoms with Gasteiger partial charge in [0.2, 0.25) is 0 Å². The minimum Gasteiger partial charge on any atom is -0.306 e. The summed E-state index contributed by atoms with van der Waals surface area (Å²) in [6.45, 7) is 3.60. The highest BCUT2D eigenvalue weighted by Crippen LogP contribution is 2.26. The van der Waals surface area contributed by atoms with E-state index >= 15 is 0 Å². The van der Waals surface area contributed by atoms with Crippen molar-refractivity contribution in [2.24, 2.45) is 10.9 Å². The van der Waals surface area contributed by atoms with E-state index in [1.165, 1.54) is 35.4 Å². The van der Waals surface area contributed by atoms with Crippen molar-refractivity contribution in [1.82, 2.24) is 4.90 Å². The summed E-state index contributed by atoms with van der Waals surface area (Å²) in [5.41, 5.74) is 0. The molecular weight excluding hydrogens is 200 g/mol. The smallest absolute Gasteiger partial charge is 0.124 e. The quantitative estimate of drug-likeness (QED) is 0.700. The lowest BCUT2D eigenvalue weighted by atomic mass is 10.2. The molecule has 13 heavy (non-hydrogen) atoms. The lowest BCUT2D eigenvalue weighted by Crippen LogP contribution is -2.15. The maximum absolute atomic E-state index is 4.44. The van der Waals surface area contributed by atoms with Crippen molar-refractivity contribution in [2.75, 3.05) is 38.2 Å². The van der Waals surface area contributed by atoms with E-state index in [0.717, 1.165) is 12.5 Å². The maximum Gasteiger partial charge on any atom is 0.124 e. The van der Waals surface area contributed by atoms with Crippen molar-refractivity contribution < 1.29 is 0 Å². The van der Waals surface area contributed by atoms with Crippen LogP contribution < -0.4 is 0 Å². The van der Waals surface area contributed by atoms with Crippen LogP contribution in [-0.2, 0) is 0 Å². The van der Waals surface area contributed by atoms with E-state index < -0.39 is 0 Å². The zero-order valence-electron chi connectivity index (χ0n) is 8.03. The van der Waals surface area contributed by atoms with Crippen LogP contribution in [0.25, 0.3) is 0 Å². The van der Waals surface area contributed by atoms with Crippen molar-refractivity contribution in [3.05, 3.63) is 0 Å². The Bertz CT molecular complexity index is 206. The molecule has 74 valence electrons. The molecule has 1 atom stereocenters. The fraction of sp³-hybridized carbons (Fsp3) is 0.889. The van der Waals surface area contributed by atoms with E-state index in [1.54, 1.807) is 0 Å². The Kier molecular flexibility index (Phi) is 3.58. The molecule has 0 bridgehead atoms. The normalized spacial score (nSPS) is 29.6. The summed E-state index contributed by atoms with van der Waals surface area (Å²) in [5, 5.41) is 0. The minimum absolute atomic E-state index is 0.902. The number of likely N-dealkylation sites (tertiary alicyclic amines) is 1. The molecule has 1 saturated heterocycles. The van der Waals surface area contributed by atoms with Crippen LogP contribution in [-0.4, -0.2) is 47.5 Å². The predicted molar refractivity (Wildman–Crippen MR) is 62.8 cm³/mol. The van der Waals surface area contributed by atoms with Gasteiger partial charge in [0.05, 0.1) is 6.54 Å². The molecule has 0 aromatic heterocycles. The average molecular weight is 216 g/mol. The summed E-state index contributed by atoms with van der Waals surface area (Å²) in [5.74, 6) is 3.38. The van der Waals surface area contributed by atoms with Gasteiger partial charge in [0.1, 0.15) is 4.38 Å². The van der Waals surface area contributed by atoms with Crippen molar-refractivity contribution >= 4 is 27.9 Å². The highest BCUT2D eigenvalue weighted by Gasteiger charge is 2.20. The molecule has 2 aliphatic heterocycles. The highest BCUT2D eigenvalue weighted by molar-refractivity contribution is 8.39. The second kappa shape index (κ2) is 4.71. The molecule has 0 radical (unpaired) electrons. The number of aliphatic imine (C=N–C) groups is 1. The Morgan fingerprint density at radius 2 is 2.62 bits per heavy atom. The molecule has 0 aromatic rings. The Labute approximate surface area is 88.5 Å². The summed E-state index contributed by atoms with van der Waals surface area (Å²) < 4.78 is 1.33. The molecule has 0 spiro atoms. The van der Waals surface area contributed by atoms with Gasteiger partial charge in [-0.15, -0.1) is 0 Å². The molecular formula is C9H16N2S2. The molecule has 2 aliphatic rings. The first kappa shape index (κ1) is 9.87. The first-order valence-electron chi connectivity index (χ1n) is 4.83. The standard InChI is InChI=1S/C9H16N2S2/c1-11-4-2-8(6-11)7-13-9-10-3-5-12-9/h8H,2-7H2,1H3. The monoisotopic (exact) mass is 216 g/mol. The Hall–Kier alpha value is 0.330. The van der Waals surface area contributed by atoms with Crippen LogP contribution in [0.15, 0.2) is 4.99 Å². The lowest BCUT2D eigenvalue weighted by Gasteiger charge is -2.09. The van der Waals surface area contributed by atoms with E-state index in [2.05, 4.69) is 16.9 Å². The largest absolute Gasteiger partial charge is 0.306 e. The van der Waals surface area contributed by atoms with E-state index in [9.17, 15) is 0 Å². The van der Waals surface area contributed by atoms with Gasteiger partial charge in [-0.05, 0) is 25.9 Å². The predicted octanol–water partition coefficient (Wildman–Crippen LogP) is 1.77. The molecule has 0 aliphatic carbocycles. The van der Waals surface area contributed by atoms with Crippen LogP contribution in [0.1, 0.15) is 6.42 Å². The third-order valence-corrected chi connectivity index (χ3v) is 4.97. The molecule has 0 N–H and O–H groups in total. The average Bonchev–Trinajstić information content (AvgIpc) is 2.71. The van der Waals surface area contributed by atoms with Crippen LogP contribution in [0.2, 0.25) is 0 Å². The van der Waals surface area contributed by atoms with Crippen molar-refractivity contribution in [1.29, 1.82) is 0 Å². The Morgan fingerprint density at radius 3 is 3.23 bits per heavy atom. The third kappa shape index (κ3) is 2.89. The molecule has 0 saturated carbocycles. The minimum atomic E-state index is 0.902. The molecule has 1 fully saturated rings. The van der Waals surface area contributed by atoms with Crippen molar-refractivity contribution in [3.8, 4) is 0 Å². The summed E-state index contributed by atoms with van der Waals surface area (Å²) >= 11 is 3.90. The zero-order chi connectivity index (χ0) is 9.10. The van der Waals surface area contributed by atoms with Gasteiger partial charge in [-0.25, -0.2) is 0 Å². The molecule has 2 nitrogen and oxygen atoms in total. The number of thioether (sulfide) groups is 2. The summed E-state index contributed by atoms with van der Waals surface area (Å²) in [6.07, 6.45) is 1.38. The molecule has 4 heteroatoms. The highest BCUT2D eigenvalue weighted by atomic mass is 32.2. The Morgan fingerprint density at radius 1 is 1.69 bits per heavy atom. The number of hydrogen-bond acceptors (Lipinski definition) is 4. The fourth-order valence-corrected chi connectivity index (χ4v) is 3.91. The molecule has 1 unspecified atom stereocenters. The van der Waals surface area contributed by atoms with Gasteiger partial charge >= 0.3 is 0 Å². The van der Waals surface area contributed by atoms with Gasteiger partial charge in [-0.3, -0.25) is 4.99 Å². The summed E-state index contributed by atoms with van der Waals surface area (Å²) in [6, 6.07) is 0. The van der Waals surface area contributed by atoms with Gasteiger partial charge < -0.3 is 4.90 Å². The molecule has 2 rings (SSSR count). The SMILES string of the molecule is CN1CCC(CSC2=NCCS2)C1. The number of hydrogen-bond donors (Lipinski definition) is 0. The van der Waals surface area contributed by atoms with Gasteiger partial charge in [-0.2, -0.15) is 0 Å². The Balaban J connectivity index is 1.67. The van der Waals surface area contributed by atoms with Crippen LogP contribution in [0.5, 0.6) is 0 Å². The first-order chi connectivity index (χ1) is 6.34. The van der Waals surface area contributed by atoms with Crippen molar-refractivity contribution in [2.45, 2.75) is 6.42 Å². The van der Waals surface area contributed by atoms with Crippen LogP contribution >= 0.6 is 23.5 Å². The molecule has 0 amide bonds. The van der Waals surface area contributed by atoms with Crippen LogP contribution in [0.4, 0.5) is 0 Å². The molecule has 2 heterocycles. The number of nitrogens with zero attached hydrogens (tertiary/aromatic N) is 2. The summed E-state index contributed by atoms with van der Waals surface area (Å²) in [4.78, 5) is 6.87. The van der Waals surface area contributed by atoms with E-state index in [0.29, 0.717) is 0 Å². The number of rotatable bonds is 2. The molecule has 0 aromatic carbocycles. The van der Waals surface area contributed by atoms with Gasteiger partial charge in [0.25, 0.3) is 0 Å². The van der Waals surface area contributed by atoms with Crippen molar-refractivity contribution in [3.63, 3.8) is 0 Å². The second-order valence-corrected chi connectivity index (χ2v) is 6.07. The fourth-order valence-electron chi connectivity index (χ4n) is 1.75. The van der Waals surface area contributed by atoms with Crippen LogP contribution in [0.3, 0.4) is 0 Å². The second-order valence-electron chi connectivity index (χ2n) is 3.72. The first-order valence-corrected chi connectivity index (χ1v) is 6.80. The van der Waals surface area contributed by atoms with Gasteiger partial charge in [0, 0.05) is 18.1 Å². The third-order valence-electron chi connectivity index (χ3n) is 2.49. The van der Waals surface area contributed by atoms with E-state index in [4.69, 9.17) is 0 Å².